The topological polar surface area (TPSA) is 21.3 Å². The molecule has 112 valence electrons. The first-order valence-corrected chi connectivity index (χ1v) is 6.95. The summed E-state index contributed by atoms with van der Waals surface area (Å²) in [5.74, 6) is 0.0698. The van der Waals surface area contributed by atoms with E-state index >= 15 is 0 Å². The number of rotatable bonds is 8. The van der Waals surface area contributed by atoms with Crippen LogP contribution in [-0.4, -0.2) is 32.0 Å². The van der Waals surface area contributed by atoms with Crippen LogP contribution < -0.4 is 5.32 Å². The van der Waals surface area contributed by atoms with Crippen LogP contribution in [-0.2, 0) is 11.2 Å². The van der Waals surface area contributed by atoms with Gasteiger partial charge in [0.2, 0.25) is 0 Å². The van der Waals surface area contributed by atoms with Crippen LogP contribution in [0.5, 0.6) is 0 Å². The van der Waals surface area contributed by atoms with Gasteiger partial charge in [0.05, 0.1) is 6.61 Å². The zero-order chi connectivity index (χ0) is 14.4. The third-order valence-electron chi connectivity index (χ3n) is 3.26. The van der Waals surface area contributed by atoms with Gasteiger partial charge < -0.3 is 10.1 Å². The Morgan fingerprint density at radius 3 is 2.50 bits per heavy atom. The van der Waals surface area contributed by atoms with Crippen molar-refractivity contribution in [2.24, 2.45) is 5.92 Å². The molecular formula is C15H20F3NO. The highest BCUT2D eigenvalue weighted by atomic mass is 19.4. The van der Waals surface area contributed by atoms with Crippen LogP contribution in [0.3, 0.4) is 0 Å². The molecule has 1 atom stereocenters. The number of ether oxygens (including phenoxy) is 1. The predicted octanol–water partition coefficient (Wildman–Crippen LogP) is 3.18. The van der Waals surface area contributed by atoms with E-state index in [0.29, 0.717) is 12.6 Å². The lowest BCUT2D eigenvalue weighted by Crippen LogP contribution is -2.30. The average Bonchev–Trinajstić information content (AvgIpc) is 3.19. The zero-order valence-electron chi connectivity index (χ0n) is 11.3. The molecule has 0 bridgehead atoms. The summed E-state index contributed by atoms with van der Waals surface area (Å²) in [6.45, 7) is -0.326. The van der Waals surface area contributed by atoms with Gasteiger partial charge in [-0.05, 0) is 30.7 Å². The van der Waals surface area contributed by atoms with Gasteiger partial charge in [0, 0.05) is 12.6 Å². The Bertz CT molecular complexity index is 390. The number of alkyl halides is 3. The highest BCUT2D eigenvalue weighted by Gasteiger charge is 2.28. The summed E-state index contributed by atoms with van der Waals surface area (Å²) in [4.78, 5) is 0. The first-order chi connectivity index (χ1) is 9.53. The first kappa shape index (κ1) is 15.3. The van der Waals surface area contributed by atoms with E-state index in [4.69, 9.17) is 4.74 Å². The van der Waals surface area contributed by atoms with Crippen LogP contribution in [0.4, 0.5) is 13.2 Å². The maximum atomic E-state index is 12.1. The molecule has 1 N–H and O–H groups in total. The van der Waals surface area contributed by atoms with Gasteiger partial charge in [-0.1, -0.05) is 30.3 Å². The molecule has 1 aliphatic carbocycles. The third-order valence-corrected chi connectivity index (χ3v) is 3.26. The lowest BCUT2D eigenvalue weighted by atomic mass is 10.00. The van der Waals surface area contributed by atoms with E-state index in [2.05, 4.69) is 5.32 Å². The number of hydrogen-bond donors (Lipinski definition) is 1. The van der Waals surface area contributed by atoms with Crippen molar-refractivity contribution in [1.82, 2.24) is 5.32 Å². The number of halogens is 3. The Morgan fingerprint density at radius 2 is 1.90 bits per heavy atom. The number of nitrogens with one attached hydrogen (secondary N) is 1. The zero-order valence-corrected chi connectivity index (χ0v) is 11.3. The summed E-state index contributed by atoms with van der Waals surface area (Å²) in [6, 6.07) is 10.4. The largest absolute Gasteiger partial charge is 0.411 e. The minimum atomic E-state index is -4.25. The minimum Gasteiger partial charge on any atom is -0.372 e. The molecule has 5 heteroatoms. The molecular weight excluding hydrogens is 267 g/mol. The standard InChI is InChI=1S/C15H20F3NO/c16-15(17,18)11-20-10-13(9-19-14-6-7-14)8-12-4-2-1-3-5-12/h1-5,13-14,19H,6-11H2. The van der Waals surface area contributed by atoms with Crippen molar-refractivity contribution < 1.29 is 17.9 Å². The van der Waals surface area contributed by atoms with Crippen molar-refractivity contribution in [3.05, 3.63) is 35.9 Å². The Hall–Kier alpha value is -1.07. The van der Waals surface area contributed by atoms with Gasteiger partial charge >= 0.3 is 6.18 Å². The molecule has 1 aromatic rings. The van der Waals surface area contributed by atoms with Gasteiger partial charge in [0.1, 0.15) is 6.61 Å². The van der Waals surface area contributed by atoms with E-state index in [9.17, 15) is 13.2 Å². The smallest absolute Gasteiger partial charge is 0.372 e. The molecule has 1 saturated carbocycles. The maximum absolute atomic E-state index is 12.1. The van der Waals surface area contributed by atoms with Crippen molar-refractivity contribution in [3.8, 4) is 0 Å². The van der Waals surface area contributed by atoms with E-state index in [1.54, 1.807) is 0 Å². The summed E-state index contributed by atoms with van der Waals surface area (Å²) in [6.07, 6.45) is -1.18. The summed E-state index contributed by atoms with van der Waals surface area (Å²) < 4.78 is 41.2. The number of hydrogen-bond acceptors (Lipinski definition) is 2. The van der Waals surface area contributed by atoms with E-state index in [1.165, 1.54) is 12.8 Å². The molecule has 0 amide bonds. The molecule has 1 unspecified atom stereocenters. The lowest BCUT2D eigenvalue weighted by Gasteiger charge is -2.18. The average molecular weight is 287 g/mol. The number of benzene rings is 1. The second kappa shape index (κ2) is 7.09. The highest BCUT2D eigenvalue weighted by molar-refractivity contribution is 5.15. The fraction of sp³-hybridized carbons (Fsp3) is 0.600. The minimum absolute atomic E-state index is 0.0698. The van der Waals surface area contributed by atoms with Gasteiger partial charge in [0.25, 0.3) is 0 Å². The highest BCUT2D eigenvalue weighted by Crippen LogP contribution is 2.20. The molecule has 20 heavy (non-hydrogen) atoms. The normalized spacial score (nSPS) is 17.1. The van der Waals surface area contributed by atoms with Gasteiger partial charge in [0.15, 0.2) is 0 Å². The second-order valence-electron chi connectivity index (χ2n) is 5.37. The van der Waals surface area contributed by atoms with Crippen LogP contribution in [0.15, 0.2) is 30.3 Å². The monoisotopic (exact) mass is 287 g/mol. The van der Waals surface area contributed by atoms with E-state index in [0.717, 1.165) is 12.0 Å². The molecule has 0 aliphatic heterocycles. The molecule has 0 heterocycles. The molecule has 2 rings (SSSR count). The summed E-state index contributed by atoms with van der Waals surface area (Å²) >= 11 is 0. The Morgan fingerprint density at radius 1 is 1.20 bits per heavy atom. The molecule has 1 aliphatic rings. The van der Waals surface area contributed by atoms with Crippen LogP contribution in [0.2, 0.25) is 0 Å². The SMILES string of the molecule is FC(F)(F)COCC(CNC1CC1)Cc1ccccc1. The van der Waals surface area contributed by atoms with Gasteiger partial charge in [-0.15, -0.1) is 0 Å². The van der Waals surface area contributed by atoms with E-state index < -0.39 is 12.8 Å². The van der Waals surface area contributed by atoms with Gasteiger partial charge in [-0.25, -0.2) is 0 Å². The third kappa shape index (κ3) is 6.39. The van der Waals surface area contributed by atoms with Crippen LogP contribution in [0.25, 0.3) is 0 Å². The van der Waals surface area contributed by atoms with E-state index in [-0.39, 0.29) is 12.5 Å². The summed E-state index contributed by atoms with van der Waals surface area (Å²) in [5, 5.41) is 3.36. The van der Waals surface area contributed by atoms with Crippen molar-refractivity contribution in [3.63, 3.8) is 0 Å². The molecule has 0 radical (unpaired) electrons. The second-order valence-corrected chi connectivity index (χ2v) is 5.37. The molecule has 0 spiro atoms. The van der Waals surface area contributed by atoms with Gasteiger partial charge in [-0.3, -0.25) is 0 Å². The van der Waals surface area contributed by atoms with Crippen LogP contribution in [0, 0.1) is 5.92 Å². The quantitative estimate of drug-likeness (QED) is 0.793. The summed E-state index contributed by atoms with van der Waals surface area (Å²) in [5.41, 5.74) is 1.13. The van der Waals surface area contributed by atoms with Crippen LogP contribution in [0.1, 0.15) is 18.4 Å². The van der Waals surface area contributed by atoms with Gasteiger partial charge in [-0.2, -0.15) is 13.2 Å². The van der Waals surface area contributed by atoms with Crippen molar-refractivity contribution >= 4 is 0 Å². The molecule has 1 aromatic carbocycles. The fourth-order valence-electron chi connectivity index (χ4n) is 2.10. The Labute approximate surface area is 117 Å². The van der Waals surface area contributed by atoms with Crippen molar-refractivity contribution in [2.45, 2.75) is 31.5 Å². The van der Waals surface area contributed by atoms with E-state index in [1.807, 2.05) is 30.3 Å². The predicted molar refractivity (Wildman–Crippen MR) is 71.5 cm³/mol. The van der Waals surface area contributed by atoms with Crippen molar-refractivity contribution in [2.75, 3.05) is 19.8 Å². The molecule has 2 nitrogen and oxygen atoms in total. The Balaban J connectivity index is 1.79. The van der Waals surface area contributed by atoms with Crippen LogP contribution >= 0.6 is 0 Å². The fourth-order valence-corrected chi connectivity index (χ4v) is 2.10. The van der Waals surface area contributed by atoms with Crippen molar-refractivity contribution in [1.29, 1.82) is 0 Å². The maximum Gasteiger partial charge on any atom is 0.411 e. The molecule has 0 aromatic heterocycles. The Kier molecular flexibility index (Phi) is 5.43. The lowest BCUT2D eigenvalue weighted by molar-refractivity contribution is -0.176. The first-order valence-electron chi connectivity index (χ1n) is 6.95. The molecule has 1 fully saturated rings. The summed E-state index contributed by atoms with van der Waals surface area (Å²) in [7, 11) is 0. The molecule has 0 saturated heterocycles.